The van der Waals surface area contributed by atoms with Crippen LogP contribution in [0.2, 0.25) is 0 Å². The molecule has 0 amide bonds. The van der Waals surface area contributed by atoms with Crippen LogP contribution in [0.4, 0.5) is 5.69 Å². The average molecular weight is 354 g/mol. The molecule has 1 N–H and O–H groups in total. The molecular formula is C17H24BrNO2. The molecule has 3 atom stereocenters. The highest BCUT2D eigenvalue weighted by atomic mass is 79.9. The maximum Gasteiger partial charge on any atom is 0.332 e. The molecule has 0 aliphatic heterocycles. The maximum absolute atomic E-state index is 12.7. The number of para-hydroxylation sites is 1. The van der Waals surface area contributed by atoms with Gasteiger partial charge in [0.2, 0.25) is 0 Å². The second-order valence-electron chi connectivity index (χ2n) is 6.08. The minimum atomic E-state index is -0.627. The molecule has 0 bridgehead atoms. The van der Waals surface area contributed by atoms with Gasteiger partial charge in [-0.05, 0) is 59.7 Å². The van der Waals surface area contributed by atoms with Gasteiger partial charge < -0.3 is 10.1 Å². The number of rotatable bonds is 4. The molecule has 1 aromatic rings. The lowest BCUT2D eigenvalue weighted by atomic mass is 9.69. The van der Waals surface area contributed by atoms with Gasteiger partial charge in [-0.15, -0.1) is 0 Å². The van der Waals surface area contributed by atoms with Crippen molar-refractivity contribution in [2.24, 2.45) is 11.8 Å². The smallest absolute Gasteiger partial charge is 0.332 e. The fraction of sp³-hybridized carbons (Fsp3) is 0.588. The van der Waals surface area contributed by atoms with Gasteiger partial charge in [-0.25, -0.2) is 4.79 Å². The highest BCUT2D eigenvalue weighted by Gasteiger charge is 2.48. The van der Waals surface area contributed by atoms with Crippen molar-refractivity contribution in [1.82, 2.24) is 0 Å². The molecule has 1 aliphatic rings. The lowest BCUT2D eigenvalue weighted by Crippen LogP contribution is -2.55. The van der Waals surface area contributed by atoms with E-state index in [9.17, 15) is 4.79 Å². The van der Waals surface area contributed by atoms with Crippen molar-refractivity contribution < 1.29 is 9.53 Å². The fourth-order valence-electron chi connectivity index (χ4n) is 3.21. The molecule has 0 saturated heterocycles. The molecular weight excluding hydrogens is 330 g/mol. The van der Waals surface area contributed by atoms with Gasteiger partial charge >= 0.3 is 5.97 Å². The van der Waals surface area contributed by atoms with Crippen LogP contribution in [0.1, 0.15) is 40.0 Å². The molecule has 0 aromatic heterocycles. The molecule has 1 saturated carbocycles. The van der Waals surface area contributed by atoms with E-state index in [-0.39, 0.29) is 11.9 Å². The number of ether oxygens (including phenoxy) is 1. The summed E-state index contributed by atoms with van der Waals surface area (Å²) in [7, 11) is 0. The van der Waals surface area contributed by atoms with Crippen molar-refractivity contribution in [3.8, 4) is 0 Å². The molecule has 21 heavy (non-hydrogen) atoms. The van der Waals surface area contributed by atoms with Crippen LogP contribution in [0.25, 0.3) is 0 Å². The van der Waals surface area contributed by atoms with E-state index in [2.05, 4.69) is 35.1 Å². The van der Waals surface area contributed by atoms with E-state index in [0.29, 0.717) is 12.5 Å². The molecule has 2 rings (SSSR count). The number of hydrogen-bond acceptors (Lipinski definition) is 3. The Morgan fingerprint density at radius 3 is 2.76 bits per heavy atom. The van der Waals surface area contributed by atoms with Crippen molar-refractivity contribution >= 4 is 27.6 Å². The van der Waals surface area contributed by atoms with Crippen LogP contribution >= 0.6 is 15.9 Å². The highest BCUT2D eigenvalue weighted by molar-refractivity contribution is 9.10. The molecule has 4 heteroatoms. The van der Waals surface area contributed by atoms with Crippen molar-refractivity contribution in [3.05, 3.63) is 28.7 Å². The van der Waals surface area contributed by atoms with Gasteiger partial charge in [0.1, 0.15) is 5.54 Å². The summed E-state index contributed by atoms with van der Waals surface area (Å²) in [4.78, 5) is 12.7. The van der Waals surface area contributed by atoms with Crippen LogP contribution in [0.15, 0.2) is 28.7 Å². The van der Waals surface area contributed by atoms with Crippen LogP contribution in [0.3, 0.4) is 0 Å². The third kappa shape index (κ3) is 3.42. The quantitative estimate of drug-likeness (QED) is 0.802. The molecule has 3 unspecified atom stereocenters. The second-order valence-corrected chi connectivity index (χ2v) is 6.94. The summed E-state index contributed by atoms with van der Waals surface area (Å²) in [5.41, 5.74) is 0.323. The van der Waals surface area contributed by atoms with Gasteiger partial charge in [0, 0.05) is 10.2 Å². The molecule has 3 nitrogen and oxygen atoms in total. The third-order valence-corrected chi connectivity index (χ3v) is 5.17. The molecule has 1 fully saturated rings. The molecule has 0 spiro atoms. The van der Waals surface area contributed by atoms with E-state index in [0.717, 1.165) is 23.0 Å². The SMILES string of the molecule is CCOC(=O)C1(Nc2ccccc2Br)CC(C)CCC1C. The Bertz CT molecular complexity index is 505. The Morgan fingerprint density at radius 1 is 1.38 bits per heavy atom. The first kappa shape index (κ1) is 16.3. The average Bonchev–Trinajstić information content (AvgIpc) is 2.45. The normalized spacial score (nSPS) is 29.0. The second kappa shape index (κ2) is 6.82. The zero-order valence-electron chi connectivity index (χ0n) is 13.0. The van der Waals surface area contributed by atoms with E-state index in [1.165, 1.54) is 6.42 Å². The van der Waals surface area contributed by atoms with Crippen molar-refractivity contribution in [2.45, 2.75) is 45.6 Å². The Balaban J connectivity index is 2.36. The van der Waals surface area contributed by atoms with E-state index >= 15 is 0 Å². The Kier molecular flexibility index (Phi) is 5.31. The van der Waals surface area contributed by atoms with E-state index in [4.69, 9.17) is 4.74 Å². The number of carbonyl (C=O) groups is 1. The topological polar surface area (TPSA) is 38.3 Å². The minimum absolute atomic E-state index is 0.125. The molecule has 0 radical (unpaired) electrons. The Labute approximate surface area is 135 Å². The molecule has 1 aromatic carbocycles. The first-order chi connectivity index (χ1) is 9.99. The Morgan fingerprint density at radius 2 is 2.10 bits per heavy atom. The summed E-state index contributed by atoms with van der Waals surface area (Å²) in [6.45, 7) is 6.63. The number of halogens is 1. The lowest BCUT2D eigenvalue weighted by Gasteiger charge is -2.44. The summed E-state index contributed by atoms with van der Waals surface area (Å²) in [5.74, 6) is 0.639. The maximum atomic E-state index is 12.7. The van der Waals surface area contributed by atoms with Crippen LogP contribution in [-0.4, -0.2) is 18.1 Å². The van der Waals surface area contributed by atoms with Crippen molar-refractivity contribution in [2.75, 3.05) is 11.9 Å². The third-order valence-electron chi connectivity index (χ3n) is 4.48. The fourth-order valence-corrected chi connectivity index (χ4v) is 3.59. The summed E-state index contributed by atoms with van der Waals surface area (Å²) in [6, 6.07) is 7.93. The van der Waals surface area contributed by atoms with E-state index < -0.39 is 5.54 Å². The van der Waals surface area contributed by atoms with Gasteiger partial charge in [0.05, 0.1) is 6.61 Å². The lowest BCUT2D eigenvalue weighted by molar-refractivity contribution is -0.152. The summed E-state index contributed by atoms with van der Waals surface area (Å²) in [5, 5.41) is 3.51. The highest BCUT2D eigenvalue weighted by Crippen LogP contribution is 2.41. The predicted molar refractivity (Wildman–Crippen MR) is 89.3 cm³/mol. The van der Waals surface area contributed by atoms with E-state index in [1.807, 2.05) is 31.2 Å². The van der Waals surface area contributed by atoms with Crippen molar-refractivity contribution in [3.63, 3.8) is 0 Å². The first-order valence-electron chi connectivity index (χ1n) is 7.69. The first-order valence-corrected chi connectivity index (χ1v) is 8.49. The predicted octanol–water partition coefficient (Wildman–Crippen LogP) is 4.62. The van der Waals surface area contributed by atoms with Crippen LogP contribution in [0.5, 0.6) is 0 Å². The summed E-state index contributed by atoms with van der Waals surface area (Å²) < 4.78 is 6.37. The van der Waals surface area contributed by atoms with Gasteiger partial charge in [-0.2, -0.15) is 0 Å². The molecule has 1 aliphatic carbocycles. The van der Waals surface area contributed by atoms with E-state index in [1.54, 1.807) is 0 Å². The minimum Gasteiger partial charge on any atom is -0.464 e. The largest absolute Gasteiger partial charge is 0.464 e. The monoisotopic (exact) mass is 353 g/mol. The van der Waals surface area contributed by atoms with Crippen molar-refractivity contribution in [1.29, 1.82) is 0 Å². The van der Waals surface area contributed by atoms with Gasteiger partial charge in [-0.1, -0.05) is 32.4 Å². The number of benzene rings is 1. The Hall–Kier alpha value is -1.03. The zero-order valence-corrected chi connectivity index (χ0v) is 14.6. The van der Waals surface area contributed by atoms with Gasteiger partial charge in [0.25, 0.3) is 0 Å². The molecule has 116 valence electrons. The van der Waals surface area contributed by atoms with Gasteiger partial charge in [-0.3, -0.25) is 0 Å². The standard InChI is InChI=1S/C17H24BrNO2/c1-4-21-16(20)17(11-12(2)9-10-13(17)3)19-15-8-6-5-7-14(15)18/h5-8,12-13,19H,4,9-11H2,1-3H3. The molecule has 0 heterocycles. The summed E-state index contributed by atoms with van der Waals surface area (Å²) in [6.07, 6.45) is 3.02. The van der Waals surface area contributed by atoms with Crippen LogP contribution in [-0.2, 0) is 9.53 Å². The van der Waals surface area contributed by atoms with Crippen LogP contribution in [0, 0.1) is 11.8 Å². The zero-order chi connectivity index (χ0) is 15.5. The number of anilines is 1. The number of carbonyl (C=O) groups excluding carboxylic acids is 1. The summed E-state index contributed by atoms with van der Waals surface area (Å²) >= 11 is 3.56. The number of hydrogen-bond donors (Lipinski definition) is 1. The number of esters is 1. The number of nitrogens with one attached hydrogen (secondary N) is 1. The van der Waals surface area contributed by atoms with Crippen LogP contribution < -0.4 is 5.32 Å². The van der Waals surface area contributed by atoms with Gasteiger partial charge in [0.15, 0.2) is 0 Å².